The van der Waals surface area contributed by atoms with Crippen molar-refractivity contribution in [2.24, 2.45) is 5.92 Å². The second-order valence-corrected chi connectivity index (χ2v) is 9.29. The maximum Gasteiger partial charge on any atom is 0.350 e. The van der Waals surface area contributed by atoms with Gasteiger partial charge in [0.15, 0.2) is 16.7 Å². The van der Waals surface area contributed by atoms with Gasteiger partial charge in [-0.2, -0.15) is 0 Å². The van der Waals surface area contributed by atoms with Gasteiger partial charge in [-0.3, -0.25) is 19.5 Å². The second-order valence-electron chi connectivity index (χ2n) is 8.32. The zero-order chi connectivity index (χ0) is 23.1. The number of pyridine rings is 1. The minimum atomic E-state index is -0.709. The fourth-order valence-corrected chi connectivity index (χ4v) is 5.76. The minimum absolute atomic E-state index is 0.0375. The van der Waals surface area contributed by atoms with Gasteiger partial charge in [0.1, 0.15) is 17.6 Å². The largest absolute Gasteiger partial charge is 0.483 e. The smallest absolute Gasteiger partial charge is 0.350 e. The topological polar surface area (TPSA) is 98.7 Å². The van der Waals surface area contributed by atoms with Gasteiger partial charge in [-0.15, -0.1) is 0 Å². The van der Waals surface area contributed by atoms with Gasteiger partial charge < -0.3 is 9.47 Å². The minimum Gasteiger partial charge on any atom is -0.483 e. The molecule has 2 aliphatic heterocycles. The highest BCUT2D eigenvalue weighted by Crippen LogP contribution is 2.49. The molecule has 5 rings (SSSR count). The van der Waals surface area contributed by atoms with E-state index in [1.54, 1.807) is 25.4 Å². The van der Waals surface area contributed by atoms with Crippen LogP contribution in [-0.2, 0) is 19.1 Å². The number of carbonyl (C=O) groups is 3. The van der Waals surface area contributed by atoms with Crippen molar-refractivity contribution in [2.45, 2.75) is 44.8 Å². The van der Waals surface area contributed by atoms with Crippen molar-refractivity contribution in [3.8, 4) is 0 Å². The molecule has 1 aliphatic carbocycles. The molecule has 1 fully saturated rings. The van der Waals surface area contributed by atoms with E-state index in [0.717, 1.165) is 37.0 Å². The molecule has 170 valence electrons. The number of carbonyl (C=O) groups excluding carboxylic acids is 3. The number of aromatic nitrogens is 2. The summed E-state index contributed by atoms with van der Waals surface area (Å²) in [5.74, 6) is -1.13. The molecule has 0 saturated heterocycles. The Kier molecular flexibility index (Phi) is 5.57. The molecule has 0 radical (unpaired) electrons. The lowest BCUT2D eigenvalue weighted by Crippen LogP contribution is -2.39. The fraction of sp³-hybridized carbons (Fsp3) is 0.375. The van der Waals surface area contributed by atoms with E-state index in [-0.39, 0.29) is 30.2 Å². The second kappa shape index (κ2) is 8.55. The van der Waals surface area contributed by atoms with Crippen molar-refractivity contribution in [1.82, 2.24) is 9.97 Å². The molecule has 3 aliphatic rings. The third kappa shape index (κ3) is 3.56. The first kappa shape index (κ1) is 21.5. The summed E-state index contributed by atoms with van der Waals surface area (Å²) in [6, 6.07) is 2.88. The van der Waals surface area contributed by atoms with Crippen molar-refractivity contribution in [2.75, 3.05) is 11.5 Å². The molecule has 0 aromatic carbocycles. The van der Waals surface area contributed by atoms with E-state index >= 15 is 0 Å². The van der Waals surface area contributed by atoms with Crippen LogP contribution in [0.2, 0.25) is 0 Å². The number of amides is 1. The van der Waals surface area contributed by atoms with Crippen LogP contribution in [0.4, 0.5) is 5.13 Å². The number of aryl methyl sites for hydroxylation is 1. The molecule has 2 aromatic rings. The van der Waals surface area contributed by atoms with E-state index in [1.807, 2.05) is 6.07 Å². The van der Waals surface area contributed by atoms with E-state index in [4.69, 9.17) is 9.47 Å². The third-order valence-corrected chi connectivity index (χ3v) is 7.41. The number of thiazole rings is 1. The van der Waals surface area contributed by atoms with E-state index in [1.165, 1.54) is 11.0 Å². The molecule has 0 spiro atoms. The van der Waals surface area contributed by atoms with E-state index in [2.05, 4.69) is 16.5 Å². The van der Waals surface area contributed by atoms with Crippen molar-refractivity contribution < 1.29 is 23.9 Å². The summed E-state index contributed by atoms with van der Waals surface area (Å²) in [5.41, 5.74) is 1.50. The highest BCUT2D eigenvalue weighted by molar-refractivity contribution is 7.17. The number of anilines is 1. The highest BCUT2D eigenvalue weighted by atomic mass is 32.1. The molecule has 1 amide bonds. The Morgan fingerprint density at radius 1 is 1.36 bits per heavy atom. The van der Waals surface area contributed by atoms with Gasteiger partial charge in [0.2, 0.25) is 0 Å². The van der Waals surface area contributed by atoms with Crippen LogP contribution < -0.4 is 4.90 Å². The number of rotatable bonds is 5. The van der Waals surface area contributed by atoms with Gasteiger partial charge in [0.25, 0.3) is 5.91 Å². The van der Waals surface area contributed by atoms with E-state index in [0.29, 0.717) is 26.8 Å². The van der Waals surface area contributed by atoms with Crippen LogP contribution in [0.15, 0.2) is 48.5 Å². The Morgan fingerprint density at radius 3 is 2.94 bits per heavy atom. The van der Waals surface area contributed by atoms with Crippen LogP contribution in [0, 0.1) is 12.8 Å². The average molecular weight is 466 g/mol. The first-order valence-corrected chi connectivity index (χ1v) is 11.8. The Hall–Kier alpha value is -3.33. The van der Waals surface area contributed by atoms with Crippen LogP contribution in [0.25, 0.3) is 0 Å². The van der Waals surface area contributed by atoms with Gasteiger partial charge in [-0.1, -0.05) is 36.5 Å². The Morgan fingerprint density at radius 2 is 2.18 bits per heavy atom. The molecule has 33 heavy (non-hydrogen) atoms. The number of ether oxygens (including phenoxy) is 2. The number of nitrogens with zero attached hydrogens (tertiary/aromatic N) is 3. The first-order valence-electron chi connectivity index (χ1n) is 10.9. The summed E-state index contributed by atoms with van der Waals surface area (Å²) in [6.07, 6.45) is 7.94. The summed E-state index contributed by atoms with van der Waals surface area (Å²) in [6.45, 7) is 5.31. The van der Waals surface area contributed by atoms with E-state index < -0.39 is 17.9 Å². The van der Waals surface area contributed by atoms with Crippen LogP contribution >= 0.6 is 11.3 Å². The normalized spacial score (nSPS) is 24.3. The molecule has 0 N–H and O–H groups in total. The first-order chi connectivity index (χ1) is 16.0. The van der Waals surface area contributed by atoms with Gasteiger partial charge >= 0.3 is 5.97 Å². The van der Waals surface area contributed by atoms with Gasteiger partial charge in [-0.25, -0.2) is 9.78 Å². The molecule has 0 bridgehead atoms. The quantitative estimate of drug-likeness (QED) is 0.491. The molecule has 9 heteroatoms. The predicted octanol–water partition coefficient (Wildman–Crippen LogP) is 3.69. The van der Waals surface area contributed by atoms with Crippen molar-refractivity contribution in [3.63, 3.8) is 0 Å². The fourth-order valence-electron chi connectivity index (χ4n) is 4.77. The van der Waals surface area contributed by atoms with Gasteiger partial charge in [0, 0.05) is 12.4 Å². The number of fused-ring (bicyclic) bond motifs is 1. The standard InChI is InChI=1S/C24H23N3O5S/c1-3-11-31-23(30)21-13(2)26-24(33-21)27-18(14-7-6-10-25-12-14)17-19(28)15-8-4-5-9-16(15)32-20(17)22(27)29/h3,6-7,10,12,15-16,18H,1,4-5,8-9,11H2,2H3. The number of ketones is 1. The monoisotopic (exact) mass is 465 g/mol. The lowest BCUT2D eigenvalue weighted by molar-refractivity contribution is -0.131. The highest BCUT2D eigenvalue weighted by Gasteiger charge is 2.53. The van der Waals surface area contributed by atoms with Gasteiger partial charge in [-0.05, 0) is 37.8 Å². The zero-order valence-corrected chi connectivity index (χ0v) is 19.0. The Balaban J connectivity index is 1.59. The summed E-state index contributed by atoms with van der Waals surface area (Å²) >= 11 is 1.06. The molecule has 1 saturated carbocycles. The van der Waals surface area contributed by atoms with E-state index in [9.17, 15) is 14.4 Å². The summed E-state index contributed by atoms with van der Waals surface area (Å²) < 4.78 is 11.3. The Labute approximate surface area is 194 Å². The van der Waals surface area contributed by atoms with Crippen LogP contribution in [0.3, 0.4) is 0 Å². The summed E-state index contributed by atoms with van der Waals surface area (Å²) in [5, 5.41) is 0.311. The SMILES string of the molecule is C=CCOC(=O)c1sc(N2C(=O)C3=C(C(=O)C4CCCCC4O3)C2c2cccnc2)nc1C. The molecule has 2 aromatic heterocycles. The third-order valence-electron chi connectivity index (χ3n) is 6.27. The summed E-state index contributed by atoms with van der Waals surface area (Å²) in [7, 11) is 0. The van der Waals surface area contributed by atoms with Crippen LogP contribution in [0.5, 0.6) is 0 Å². The summed E-state index contributed by atoms with van der Waals surface area (Å²) in [4.78, 5) is 50.1. The molecule has 3 atom stereocenters. The van der Waals surface area contributed by atoms with Crippen LogP contribution in [0.1, 0.15) is 52.7 Å². The molecule has 8 nitrogen and oxygen atoms in total. The predicted molar refractivity (Wildman–Crippen MR) is 121 cm³/mol. The number of esters is 1. The van der Waals surface area contributed by atoms with Crippen LogP contribution in [-0.4, -0.2) is 40.3 Å². The maximum absolute atomic E-state index is 13.6. The molecular formula is C24H23N3O5S. The van der Waals surface area contributed by atoms with Crippen molar-refractivity contribution in [3.05, 3.63) is 64.6 Å². The molecule has 3 unspecified atom stereocenters. The van der Waals surface area contributed by atoms with Crippen molar-refractivity contribution in [1.29, 1.82) is 0 Å². The zero-order valence-electron chi connectivity index (χ0n) is 18.2. The Bertz CT molecular complexity index is 1170. The lowest BCUT2D eigenvalue weighted by Gasteiger charge is -2.35. The number of hydrogen-bond acceptors (Lipinski definition) is 8. The average Bonchev–Trinajstić information content (AvgIpc) is 3.35. The number of Topliss-reactive ketones (excluding diaryl/α,β-unsaturated/α-hetero) is 1. The number of hydrogen-bond donors (Lipinski definition) is 0. The molecular weight excluding hydrogens is 442 g/mol. The maximum atomic E-state index is 13.6. The van der Waals surface area contributed by atoms with Gasteiger partial charge in [0.05, 0.1) is 23.2 Å². The molecule has 4 heterocycles. The van der Waals surface area contributed by atoms with Crippen molar-refractivity contribution >= 4 is 34.1 Å². The lowest BCUT2D eigenvalue weighted by atomic mass is 9.78.